The van der Waals surface area contributed by atoms with E-state index < -0.39 is 0 Å². The van der Waals surface area contributed by atoms with Crippen molar-refractivity contribution in [1.29, 1.82) is 0 Å². The molecule has 1 saturated heterocycles. The molecule has 0 bridgehead atoms. The Labute approximate surface area is 107 Å². The number of nitrogens with zero attached hydrogens (tertiary/aromatic N) is 4. The Kier molecular flexibility index (Phi) is 3.00. The van der Waals surface area contributed by atoms with E-state index in [0.717, 1.165) is 30.9 Å². The van der Waals surface area contributed by atoms with E-state index in [2.05, 4.69) is 38.6 Å². The van der Waals surface area contributed by atoms with Gasteiger partial charge in [-0.1, -0.05) is 0 Å². The molecule has 0 unspecified atom stereocenters. The number of imidazole rings is 1. The topological polar surface area (TPSA) is 34.0 Å². The largest absolute Gasteiger partial charge is 0.370 e. The van der Waals surface area contributed by atoms with Crippen LogP contribution in [0.5, 0.6) is 0 Å². The van der Waals surface area contributed by atoms with Crippen molar-refractivity contribution in [2.24, 2.45) is 0 Å². The molecule has 3 rings (SSSR count). The van der Waals surface area contributed by atoms with Crippen molar-refractivity contribution in [3.8, 4) is 11.3 Å². The van der Waals surface area contributed by atoms with Gasteiger partial charge in [-0.05, 0) is 25.8 Å². The molecular weight excluding hydrogens is 224 g/mol. The summed E-state index contributed by atoms with van der Waals surface area (Å²) in [5.41, 5.74) is 3.33. The average molecular weight is 242 g/mol. The summed E-state index contributed by atoms with van der Waals surface area (Å²) < 4.78 is 2.08. The van der Waals surface area contributed by atoms with Gasteiger partial charge in [0.25, 0.3) is 0 Å². The second kappa shape index (κ2) is 4.80. The standard InChI is InChI=1S/C14H18N4/c1-2-17-10-14(16-11-17)12-7-13(9-15-8-12)18-5-3-4-6-18/h7-11H,2-6H2,1H3. The summed E-state index contributed by atoms with van der Waals surface area (Å²) >= 11 is 0. The number of pyridine rings is 1. The van der Waals surface area contributed by atoms with Gasteiger partial charge in [0.2, 0.25) is 0 Å². The first-order valence-corrected chi connectivity index (χ1v) is 6.59. The van der Waals surface area contributed by atoms with E-state index in [4.69, 9.17) is 0 Å². The summed E-state index contributed by atoms with van der Waals surface area (Å²) in [5.74, 6) is 0. The number of aryl methyl sites for hydroxylation is 1. The number of anilines is 1. The Balaban J connectivity index is 1.90. The molecule has 0 radical (unpaired) electrons. The van der Waals surface area contributed by atoms with Gasteiger partial charge in [-0.25, -0.2) is 4.98 Å². The van der Waals surface area contributed by atoms with Crippen molar-refractivity contribution >= 4 is 5.69 Å². The van der Waals surface area contributed by atoms with E-state index in [-0.39, 0.29) is 0 Å². The summed E-state index contributed by atoms with van der Waals surface area (Å²) in [7, 11) is 0. The molecule has 3 heterocycles. The maximum absolute atomic E-state index is 4.43. The van der Waals surface area contributed by atoms with Crippen LogP contribution in [0.15, 0.2) is 31.0 Å². The third-order valence-electron chi connectivity index (χ3n) is 3.49. The van der Waals surface area contributed by atoms with Crippen LogP contribution >= 0.6 is 0 Å². The summed E-state index contributed by atoms with van der Waals surface area (Å²) in [5, 5.41) is 0. The zero-order valence-corrected chi connectivity index (χ0v) is 10.7. The van der Waals surface area contributed by atoms with Crippen molar-refractivity contribution < 1.29 is 0 Å². The van der Waals surface area contributed by atoms with Gasteiger partial charge in [-0.3, -0.25) is 4.98 Å². The second-order valence-electron chi connectivity index (χ2n) is 4.72. The zero-order valence-electron chi connectivity index (χ0n) is 10.7. The highest BCUT2D eigenvalue weighted by atomic mass is 15.1. The van der Waals surface area contributed by atoms with Crippen LogP contribution < -0.4 is 4.90 Å². The molecule has 0 aliphatic carbocycles. The zero-order chi connectivity index (χ0) is 12.4. The molecular formula is C14H18N4. The molecule has 0 aromatic carbocycles. The first-order chi connectivity index (χ1) is 8.86. The minimum Gasteiger partial charge on any atom is -0.370 e. The molecule has 1 aliphatic rings. The lowest BCUT2D eigenvalue weighted by molar-refractivity contribution is 0.762. The number of hydrogen-bond acceptors (Lipinski definition) is 3. The fourth-order valence-electron chi connectivity index (χ4n) is 2.40. The van der Waals surface area contributed by atoms with Crippen molar-refractivity contribution in [2.45, 2.75) is 26.3 Å². The van der Waals surface area contributed by atoms with Crippen LogP contribution in [0.2, 0.25) is 0 Å². The molecule has 0 spiro atoms. The van der Waals surface area contributed by atoms with Crippen LogP contribution in [0.1, 0.15) is 19.8 Å². The molecule has 1 aliphatic heterocycles. The van der Waals surface area contributed by atoms with Gasteiger partial charge in [0.15, 0.2) is 0 Å². The maximum Gasteiger partial charge on any atom is 0.0953 e. The number of hydrogen-bond donors (Lipinski definition) is 0. The molecule has 0 atom stereocenters. The van der Waals surface area contributed by atoms with Crippen LogP contribution in [0, 0.1) is 0 Å². The van der Waals surface area contributed by atoms with Gasteiger partial charge in [0.1, 0.15) is 0 Å². The van der Waals surface area contributed by atoms with Gasteiger partial charge in [0, 0.05) is 37.6 Å². The second-order valence-corrected chi connectivity index (χ2v) is 4.72. The van der Waals surface area contributed by atoms with Gasteiger partial charge in [-0.15, -0.1) is 0 Å². The van der Waals surface area contributed by atoms with Crippen LogP contribution in [0.25, 0.3) is 11.3 Å². The van der Waals surface area contributed by atoms with E-state index in [1.165, 1.54) is 18.5 Å². The summed E-state index contributed by atoms with van der Waals surface area (Å²) in [6, 6.07) is 2.20. The van der Waals surface area contributed by atoms with E-state index in [1.54, 1.807) is 0 Å². The Hall–Kier alpha value is -1.84. The van der Waals surface area contributed by atoms with Crippen molar-refractivity contribution in [2.75, 3.05) is 18.0 Å². The van der Waals surface area contributed by atoms with E-state index in [1.807, 2.05) is 18.7 Å². The molecule has 0 N–H and O–H groups in total. The van der Waals surface area contributed by atoms with Gasteiger partial charge in [-0.2, -0.15) is 0 Å². The van der Waals surface area contributed by atoms with Crippen LogP contribution in [-0.4, -0.2) is 27.6 Å². The normalized spacial score (nSPS) is 15.3. The van der Waals surface area contributed by atoms with Crippen LogP contribution in [-0.2, 0) is 6.54 Å². The van der Waals surface area contributed by atoms with Crippen molar-refractivity contribution in [1.82, 2.24) is 14.5 Å². The summed E-state index contributed by atoms with van der Waals surface area (Å²) in [4.78, 5) is 11.2. The molecule has 0 saturated carbocycles. The summed E-state index contributed by atoms with van der Waals surface area (Å²) in [6.45, 7) is 5.36. The van der Waals surface area contributed by atoms with Crippen molar-refractivity contribution in [3.63, 3.8) is 0 Å². The van der Waals surface area contributed by atoms with Gasteiger partial charge < -0.3 is 9.47 Å². The SMILES string of the molecule is CCn1cnc(-c2cncc(N3CCCC3)c2)c1. The van der Waals surface area contributed by atoms with Crippen LogP contribution in [0.3, 0.4) is 0 Å². The lowest BCUT2D eigenvalue weighted by atomic mass is 10.2. The first-order valence-electron chi connectivity index (χ1n) is 6.59. The monoisotopic (exact) mass is 242 g/mol. The number of rotatable bonds is 3. The highest BCUT2D eigenvalue weighted by molar-refractivity contribution is 5.63. The molecule has 2 aromatic heterocycles. The van der Waals surface area contributed by atoms with Gasteiger partial charge >= 0.3 is 0 Å². The molecule has 1 fully saturated rings. The third-order valence-corrected chi connectivity index (χ3v) is 3.49. The highest BCUT2D eigenvalue weighted by Crippen LogP contribution is 2.24. The average Bonchev–Trinajstić information content (AvgIpc) is 3.10. The molecule has 18 heavy (non-hydrogen) atoms. The fraction of sp³-hybridized carbons (Fsp3) is 0.429. The van der Waals surface area contributed by atoms with Crippen LogP contribution in [0.4, 0.5) is 5.69 Å². The first kappa shape index (κ1) is 11.3. The summed E-state index contributed by atoms with van der Waals surface area (Å²) in [6.07, 6.45) is 10.4. The Bertz CT molecular complexity index is 526. The molecule has 94 valence electrons. The van der Waals surface area contributed by atoms with E-state index in [0.29, 0.717) is 0 Å². The number of aromatic nitrogens is 3. The Morgan fingerprint density at radius 1 is 1.22 bits per heavy atom. The van der Waals surface area contributed by atoms with Crippen molar-refractivity contribution in [3.05, 3.63) is 31.0 Å². The quantitative estimate of drug-likeness (QED) is 0.829. The predicted octanol–water partition coefficient (Wildman–Crippen LogP) is 2.57. The molecule has 0 amide bonds. The predicted molar refractivity (Wildman–Crippen MR) is 72.6 cm³/mol. The van der Waals surface area contributed by atoms with E-state index in [9.17, 15) is 0 Å². The lowest BCUT2D eigenvalue weighted by Gasteiger charge is -2.17. The third kappa shape index (κ3) is 2.10. The Morgan fingerprint density at radius 3 is 2.78 bits per heavy atom. The minimum absolute atomic E-state index is 0.951. The fourth-order valence-corrected chi connectivity index (χ4v) is 2.40. The molecule has 4 nitrogen and oxygen atoms in total. The van der Waals surface area contributed by atoms with E-state index >= 15 is 0 Å². The molecule has 4 heteroatoms. The Morgan fingerprint density at radius 2 is 2.06 bits per heavy atom. The smallest absolute Gasteiger partial charge is 0.0953 e. The maximum atomic E-state index is 4.43. The minimum atomic E-state index is 0.951. The lowest BCUT2D eigenvalue weighted by Crippen LogP contribution is -2.17. The highest BCUT2D eigenvalue weighted by Gasteiger charge is 2.13. The molecule has 2 aromatic rings. The van der Waals surface area contributed by atoms with Gasteiger partial charge in [0.05, 0.1) is 23.9 Å².